The number of rotatable bonds is 9. The largest absolute Gasteiger partial charge is 0.493 e. The van der Waals surface area contributed by atoms with E-state index >= 15 is 4.39 Å². The van der Waals surface area contributed by atoms with E-state index in [2.05, 4.69) is 20.9 Å². The van der Waals surface area contributed by atoms with Crippen LogP contribution in [0.3, 0.4) is 0 Å². The number of ether oxygens (including phenoxy) is 3. The minimum absolute atomic E-state index is 0.00885. The van der Waals surface area contributed by atoms with Gasteiger partial charge in [0.25, 0.3) is 0 Å². The van der Waals surface area contributed by atoms with Crippen LogP contribution in [0.4, 0.5) is 23.2 Å². The number of hydrogen-bond acceptors (Lipinski definition) is 7. The summed E-state index contributed by atoms with van der Waals surface area (Å²) in [6, 6.07) is 12.9. The zero-order valence-electron chi connectivity index (χ0n) is 25.0. The molecule has 46 heavy (non-hydrogen) atoms. The first-order valence-electron chi connectivity index (χ1n) is 14.6. The molecule has 3 N–H and O–H groups in total. The second kappa shape index (κ2) is 14.0. The number of nitrogens with one attached hydrogen (secondary N) is 3. The van der Waals surface area contributed by atoms with E-state index in [4.69, 9.17) is 14.2 Å². The van der Waals surface area contributed by atoms with Crippen LogP contribution in [-0.4, -0.2) is 43.1 Å². The number of benzene rings is 3. The number of fused-ring (bicyclic) bond motifs is 1. The van der Waals surface area contributed by atoms with Crippen molar-refractivity contribution in [3.8, 4) is 23.0 Å². The molecular formula is C33H32F4N4O5. The molecule has 13 heteroatoms. The molecule has 1 fully saturated rings. The minimum Gasteiger partial charge on any atom is -0.493 e. The summed E-state index contributed by atoms with van der Waals surface area (Å²) in [5, 5.41) is 8.51. The standard InChI is InChI=1S/C33H32F4N4O5/c1-19(21-9-12-38-13-10-21)45-30-17-26-24(16-29(30)44-2)27(11-14-39-26)46-28-8-7-23(15-25(28)34)41-32(43)31(42)40-18-20-3-5-22(6-4-20)33(35,36)37/h3-8,11,14-17,19,21,38H,9-10,12-13,18H2,1-2H3,(H,40,42)(H,41,43). The first-order chi connectivity index (χ1) is 22.0. The second-order valence-corrected chi connectivity index (χ2v) is 10.8. The molecule has 5 rings (SSSR count). The van der Waals surface area contributed by atoms with Gasteiger partial charge in [-0.3, -0.25) is 14.6 Å². The molecule has 0 saturated carbocycles. The molecule has 2 heterocycles. The van der Waals surface area contributed by atoms with Crippen LogP contribution in [0.25, 0.3) is 10.9 Å². The predicted octanol–water partition coefficient (Wildman–Crippen LogP) is 6.22. The molecule has 1 aliphatic heterocycles. The summed E-state index contributed by atoms with van der Waals surface area (Å²) in [4.78, 5) is 29.0. The van der Waals surface area contributed by atoms with Gasteiger partial charge in [-0.1, -0.05) is 12.1 Å². The van der Waals surface area contributed by atoms with Crippen LogP contribution in [0.1, 0.15) is 30.9 Å². The molecule has 2 amide bonds. The molecule has 1 aliphatic rings. The van der Waals surface area contributed by atoms with Gasteiger partial charge in [0.15, 0.2) is 23.1 Å². The third-order valence-corrected chi connectivity index (χ3v) is 7.70. The summed E-state index contributed by atoms with van der Waals surface area (Å²) < 4.78 is 71.0. The second-order valence-electron chi connectivity index (χ2n) is 10.8. The summed E-state index contributed by atoms with van der Waals surface area (Å²) in [5.74, 6) is -1.36. The van der Waals surface area contributed by atoms with Gasteiger partial charge in [-0.25, -0.2) is 4.39 Å². The minimum atomic E-state index is -4.48. The van der Waals surface area contributed by atoms with Gasteiger partial charge in [0, 0.05) is 35.9 Å². The highest BCUT2D eigenvalue weighted by atomic mass is 19.4. The van der Waals surface area contributed by atoms with Crippen molar-refractivity contribution in [1.82, 2.24) is 15.6 Å². The molecule has 0 bridgehead atoms. The van der Waals surface area contributed by atoms with E-state index in [1.165, 1.54) is 37.6 Å². The zero-order chi connectivity index (χ0) is 32.8. The van der Waals surface area contributed by atoms with Crippen molar-refractivity contribution in [3.63, 3.8) is 0 Å². The van der Waals surface area contributed by atoms with Crippen molar-refractivity contribution in [2.45, 2.75) is 38.6 Å². The Balaban J connectivity index is 1.23. The fraction of sp³-hybridized carbons (Fsp3) is 0.303. The average molecular weight is 641 g/mol. The van der Waals surface area contributed by atoms with Crippen LogP contribution in [0.5, 0.6) is 23.0 Å². The Morgan fingerprint density at radius 3 is 2.37 bits per heavy atom. The summed E-state index contributed by atoms with van der Waals surface area (Å²) in [7, 11) is 1.53. The number of alkyl halides is 3. The number of piperidine rings is 1. The molecule has 0 radical (unpaired) electrons. The smallest absolute Gasteiger partial charge is 0.416 e. The lowest BCUT2D eigenvalue weighted by Crippen LogP contribution is -2.35. The van der Waals surface area contributed by atoms with Crippen LogP contribution in [0.2, 0.25) is 0 Å². The van der Waals surface area contributed by atoms with E-state index < -0.39 is 29.4 Å². The summed E-state index contributed by atoms with van der Waals surface area (Å²) >= 11 is 0. The van der Waals surface area contributed by atoms with Crippen molar-refractivity contribution < 1.29 is 41.4 Å². The Hall–Kier alpha value is -4.91. The van der Waals surface area contributed by atoms with Crippen molar-refractivity contribution in [2.24, 2.45) is 5.92 Å². The van der Waals surface area contributed by atoms with E-state index in [1.807, 2.05) is 6.92 Å². The van der Waals surface area contributed by atoms with Crippen LogP contribution < -0.4 is 30.2 Å². The van der Waals surface area contributed by atoms with Crippen molar-refractivity contribution >= 4 is 28.4 Å². The van der Waals surface area contributed by atoms with Crippen LogP contribution in [-0.2, 0) is 22.3 Å². The summed E-state index contributed by atoms with van der Waals surface area (Å²) in [6.07, 6.45) is -0.964. The molecule has 0 aliphatic carbocycles. The zero-order valence-corrected chi connectivity index (χ0v) is 25.0. The number of amides is 2. The van der Waals surface area contributed by atoms with E-state index in [9.17, 15) is 22.8 Å². The van der Waals surface area contributed by atoms with Crippen molar-refractivity contribution in [2.75, 3.05) is 25.5 Å². The van der Waals surface area contributed by atoms with E-state index in [-0.39, 0.29) is 24.1 Å². The van der Waals surface area contributed by atoms with E-state index in [0.29, 0.717) is 39.6 Å². The maximum Gasteiger partial charge on any atom is 0.416 e. The van der Waals surface area contributed by atoms with Crippen LogP contribution in [0, 0.1) is 11.7 Å². The Morgan fingerprint density at radius 2 is 1.70 bits per heavy atom. The van der Waals surface area contributed by atoms with Gasteiger partial charge < -0.3 is 30.2 Å². The normalized spacial score (nSPS) is 14.4. The third kappa shape index (κ3) is 7.83. The maximum absolute atomic E-state index is 15.1. The number of halogens is 4. The van der Waals surface area contributed by atoms with Gasteiger partial charge in [0.05, 0.1) is 24.3 Å². The molecule has 0 spiro atoms. The van der Waals surface area contributed by atoms with Gasteiger partial charge in [-0.2, -0.15) is 13.2 Å². The topological polar surface area (TPSA) is 111 Å². The van der Waals surface area contributed by atoms with Gasteiger partial charge in [-0.05, 0) is 80.7 Å². The highest BCUT2D eigenvalue weighted by molar-refractivity contribution is 6.39. The summed E-state index contributed by atoms with van der Waals surface area (Å²) in [6.45, 7) is 3.76. The highest BCUT2D eigenvalue weighted by Crippen LogP contribution is 2.39. The number of carbonyl (C=O) groups excluding carboxylic acids is 2. The van der Waals surface area contributed by atoms with Gasteiger partial charge in [-0.15, -0.1) is 0 Å². The predicted molar refractivity (Wildman–Crippen MR) is 162 cm³/mol. The summed E-state index contributed by atoms with van der Waals surface area (Å²) in [5.41, 5.74) is 0.0738. The number of carbonyl (C=O) groups is 2. The molecule has 1 saturated heterocycles. The SMILES string of the molecule is COc1cc2c(Oc3ccc(NC(=O)C(=O)NCc4ccc(C(F)(F)F)cc4)cc3F)ccnc2cc1OC(C)C1CCNCC1. The lowest BCUT2D eigenvalue weighted by atomic mass is 9.93. The Kier molecular flexibility index (Phi) is 9.90. The van der Waals surface area contributed by atoms with E-state index in [0.717, 1.165) is 44.1 Å². The first kappa shape index (κ1) is 32.5. The molecule has 4 aromatic rings. The van der Waals surface area contributed by atoms with Crippen molar-refractivity contribution in [1.29, 1.82) is 0 Å². The molecule has 242 valence electrons. The number of hydrogen-bond donors (Lipinski definition) is 3. The lowest BCUT2D eigenvalue weighted by molar-refractivity contribution is -0.137. The number of anilines is 1. The van der Waals surface area contributed by atoms with Gasteiger partial charge >= 0.3 is 18.0 Å². The number of aromatic nitrogens is 1. The molecule has 3 aromatic carbocycles. The highest BCUT2D eigenvalue weighted by Gasteiger charge is 2.30. The van der Waals surface area contributed by atoms with Crippen LogP contribution >= 0.6 is 0 Å². The van der Waals surface area contributed by atoms with Crippen molar-refractivity contribution in [3.05, 3.63) is 83.8 Å². The lowest BCUT2D eigenvalue weighted by Gasteiger charge is -2.29. The average Bonchev–Trinajstić information content (AvgIpc) is 3.04. The number of methoxy groups -OCH3 is 1. The fourth-order valence-corrected chi connectivity index (χ4v) is 5.12. The Labute approximate surface area is 262 Å². The molecule has 1 aromatic heterocycles. The molecule has 1 unspecified atom stereocenters. The Bertz CT molecular complexity index is 1710. The Morgan fingerprint density at radius 1 is 0.957 bits per heavy atom. The maximum atomic E-state index is 15.1. The monoisotopic (exact) mass is 640 g/mol. The fourth-order valence-electron chi connectivity index (χ4n) is 5.12. The van der Waals surface area contributed by atoms with Gasteiger partial charge in [0.1, 0.15) is 5.75 Å². The van der Waals surface area contributed by atoms with Gasteiger partial charge in [0.2, 0.25) is 0 Å². The number of nitrogens with zero attached hydrogens (tertiary/aromatic N) is 1. The first-order valence-corrected chi connectivity index (χ1v) is 14.6. The van der Waals surface area contributed by atoms with E-state index in [1.54, 1.807) is 18.2 Å². The van der Waals surface area contributed by atoms with Crippen LogP contribution in [0.15, 0.2) is 66.9 Å². The number of pyridine rings is 1. The molecule has 1 atom stereocenters. The molecule has 9 nitrogen and oxygen atoms in total. The third-order valence-electron chi connectivity index (χ3n) is 7.70. The molecular weight excluding hydrogens is 608 g/mol. The quantitative estimate of drug-likeness (QED) is 0.147.